The van der Waals surface area contributed by atoms with E-state index in [-0.39, 0.29) is 35.8 Å². The predicted molar refractivity (Wildman–Crippen MR) is 178 cm³/mol. The number of hydrogen-bond donors (Lipinski definition) is 1. The highest BCUT2D eigenvalue weighted by molar-refractivity contribution is 14.1. The Labute approximate surface area is 273 Å². The van der Waals surface area contributed by atoms with Crippen LogP contribution in [0.4, 0.5) is 11.4 Å². The van der Waals surface area contributed by atoms with Crippen molar-refractivity contribution >= 4 is 68.4 Å². The molecule has 2 aliphatic carbocycles. The Balaban J connectivity index is 1.32. The molecule has 45 heavy (non-hydrogen) atoms. The number of phenols is 1. The molecular weight excluding hydrogens is 679 g/mol. The van der Waals surface area contributed by atoms with Crippen LogP contribution in [0.3, 0.4) is 0 Å². The number of nitrogens with zero attached hydrogens (tertiary/aromatic N) is 2. The molecule has 6 atom stereocenters. The number of phenolic OH excluding ortho intramolecular Hbond substituents is 1. The summed E-state index contributed by atoms with van der Waals surface area (Å²) in [4.78, 5) is 59.7. The highest BCUT2D eigenvalue weighted by atomic mass is 127. The lowest BCUT2D eigenvalue weighted by molar-refractivity contribution is -0.131. The Morgan fingerprint density at radius 1 is 0.756 bits per heavy atom. The zero-order valence-corrected chi connectivity index (χ0v) is 26.5. The molecule has 2 heterocycles. The minimum Gasteiger partial charge on any atom is -0.508 e. The second-order valence-corrected chi connectivity index (χ2v) is 14.0. The van der Waals surface area contributed by atoms with Crippen molar-refractivity contribution < 1.29 is 24.3 Å². The Kier molecular flexibility index (Phi) is 6.33. The number of hydrogen-bond acceptors (Lipinski definition) is 5. The van der Waals surface area contributed by atoms with Crippen molar-refractivity contribution in [1.82, 2.24) is 0 Å². The van der Waals surface area contributed by atoms with E-state index < -0.39 is 35.0 Å². The number of benzene rings is 4. The van der Waals surface area contributed by atoms with Gasteiger partial charge in [-0.15, -0.1) is 0 Å². The third-order valence-electron chi connectivity index (χ3n) is 10.6. The molecule has 224 valence electrons. The monoisotopic (exact) mass is 708 g/mol. The van der Waals surface area contributed by atoms with E-state index in [1.165, 1.54) is 9.80 Å². The third kappa shape index (κ3) is 3.87. The fourth-order valence-corrected chi connectivity index (χ4v) is 8.94. The van der Waals surface area contributed by atoms with Gasteiger partial charge in [0.25, 0.3) is 0 Å². The van der Waals surface area contributed by atoms with Crippen molar-refractivity contribution in [3.05, 3.63) is 112 Å². The summed E-state index contributed by atoms with van der Waals surface area (Å²) in [5, 5.41) is 13.2. The Bertz CT molecular complexity index is 1970. The number of halogens is 1. The molecule has 4 aliphatic rings. The van der Waals surface area contributed by atoms with Crippen LogP contribution in [0.5, 0.6) is 5.75 Å². The molecule has 4 amide bonds. The molecule has 6 unspecified atom stereocenters. The first kappa shape index (κ1) is 28.2. The van der Waals surface area contributed by atoms with E-state index in [9.17, 15) is 24.3 Å². The maximum Gasteiger partial charge on any atom is 0.241 e. The second-order valence-electron chi connectivity index (χ2n) is 12.7. The van der Waals surface area contributed by atoms with E-state index in [1.54, 1.807) is 42.5 Å². The number of allylic oxidation sites excluding steroid dienone is 2. The molecule has 4 aromatic rings. The molecule has 8 heteroatoms. The van der Waals surface area contributed by atoms with Gasteiger partial charge in [-0.1, -0.05) is 60.2 Å². The summed E-state index contributed by atoms with van der Waals surface area (Å²) in [6.07, 6.45) is 2.62. The van der Waals surface area contributed by atoms with Crippen LogP contribution in [0.15, 0.2) is 103 Å². The number of anilines is 2. The van der Waals surface area contributed by atoms with E-state index in [4.69, 9.17) is 0 Å². The molecule has 1 saturated carbocycles. The molecule has 0 spiro atoms. The SMILES string of the molecule is CC12C(=O)N(c3ccccc3)C(=O)C1CC1C(=CCC3C(=O)N(c4ccc(I)cc4)C(=O)C31)C2c1c(O)ccc2ccccc12. The normalized spacial score (nSPS) is 29.1. The molecular formula is C37H29IN2O5. The van der Waals surface area contributed by atoms with Crippen LogP contribution < -0.4 is 9.80 Å². The molecule has 3 fully saturated rings. The standard InChI is InChI=1S/C37H29IN2O5/c1-37-28(34(43)40(36(37)45)22-8-3-2-4-9-22)19-27-25(32(37)31-24-10-6-5-7-20(24)11-18-29(31)41)16-17-26-30(27)35(44)39(33(26)42)23-14-12-21(38)13-15-23/h2-16,18,26-28,30,32,41H,17,19H2,1H3. The number of carbonyl (C=O) groups excluding carboxylic acids is 4. The van der Waals surface area contributed by atoms with Gasteiger partial charge in [0.2, 0.25) is 23.6 Å². The number of imide groups is 2. The van der Waals surface area contributed by atoms with Gasteiger partial charge >= 0.3 is 0 Å². The molecule has 8 rings (SSSR count). The Morgan fingerprint density at radius 3 is 2.20 bits per heavy atom. The van der Waals surface area contributed by atoms with Gasteiger partial charge < -0.3 is 5.11 Å². The lowest BCUT2D eigenvalue weighted by Gasteiger charge is -2.49. The average Bonchev–Trinajstić information content (AvgIpc) is 3.42. The molecule has 0 aromatic heterocycles. The van der Waals surface area contributed by atoms with Gasteiger partial charge in [0, 0.05) is 15.1 Å². The molecule has 1 N–H and O–H groups in total. The lowest BCUT2D eigenvalue weighted by Crippen LogP contribution is -2.49. The minimum absolute atomic E-state index is 0.0371. The van der Waals surface area contributed by atoms with E-state index in [0.717, 1.165) is 19.9 Å². The van der Waals surface area contributed by atoms with Crippen molar-refractivity contribution in [3.63, 3.8) is 0 Å². The van der Waals surface area contributed by atoms with Crippen LogP contribution in [0.1, 0.15) is 31.2 Å². The first-order valence-corrected chi connectivity index (χ1v) is 16.3. The van der Waals surface area contributed by atoms with E-state index in [0.29, 0.717) is 23.4 Å². The predicted octanol–water partition coefficient (Wildman–Crippen LogP) is 6.59. The highest BCUT2D eigenvalue weighted by Crippen LogP contribution is 2.65. The van der Waals surface area contributed by atoms with E-state index in [1.807, 2.05) is 61.5 Å². The molecule has 0 radical (unpaired) electrons. The quantitative estimate of drug-likeness (QED) is 0.147. The number of fused-ring (bicyclic) bond motifs is 5. The van der Waals surface area contributed by atoms with Crippen molar-refractivity contribution in [2.75, 3.05) is 9.80 Å². The molecule has 0 bridgehead atoms. The largest absolute Gasteiger partial charge is 0.508 e. The Morgan fingerprint density at radius 2 is 1.44 bits per heavy atom. The van der Waals surface area contributed by atoms with E-state index >= 15 is 0 Å². The average molecular weight is 709 g/mol. The summed E-state index contributed by atoms with van der Waals surface area (Å²) in [6, 6.07) is 27.4. The summed E-state index contributed by atoms with van der Waals surface area (Å²) in [5.74, 6) is -4.25. The van der Waals surface area contributed by atoms with Gasteiger partial charge in [-0.25, -0.2) is 4.90 Å². The number of aromatic hydroxyl groups is 1. The Hall–Kier alpha value is -4.31. The van der Waals surface area contributed by atoms with Crippen molar-refractivity contribution in [2.45, 2.75) is 25.7 Å². The van der Waals surface area contributed by atoms with Crippen molar-refractivity contribution in [1.29, 1.82) is 0 Å². The van der Waals surface area contributed by atoms with Crippen LogP contribution >= 0.6 is 22.6 Å². The molecule has 2 aliphatic heterocycles. The van der Waals surface area contributed by atoms with Crippen LogP contribution in [-0.2, 0) is 19.2 Å². The summed E-state index contributed by atoms with van der Waals surface area (Å²) >= 11 is 2.19. The van der Waals surface area contributed by atoms with E-state index in [2.05, 4.69) is 22.6 Å². The number of para-hydroxylation sites is 1. The van der Waals surface area contributed by atoms with Crippen LogP contribution in [-0.4, -0.2) is 28.7 Å². The zero-order chi connectivity index (χ0) is 31.2. The van der Waals surface area contributed by atoms with Crippen LogP contribution in [0.2, 0.25) is 0 Å². The van der Waals surface area contributed by atoms with Gasteiger partial charge in [-0.05, 0) is 102 Å². The fourth-order valence-electron chi connectivity index (χ4n) is 8.58. The second kappa shape index (κ2) is 10.1. The number of rotatable bonds is 3. The van der Waals surface area contributed by atoms with Gasteiger partial charge in [-0.2, -0.15) is 0 Å². The topological polar surface area (TPSA) is 95.0 Å². The van der Waals surface area contributed by atoms with Gasteiger partial charge in [0.15, 0.2) is 0 Å². The maximum absolute atomic E-state index is 14.7. The van der Waals surface area contributed by atoms with Gasteiger partial charge in [-0.3, -0.25) is 24.1 Å². The number of amides is 4. The number of carbonyl (C=O) groups is 4. The lowest BCUT2D eigenvalue weighted by atomic mass is 9.51. The smallest absolute Gasteiger partial charge is 0.241 e. The molecule has 4 aromatic carbocycles. The first-order chi connectivity index (χ1) is 21.7. The fraction of sp³-hybridized carbons (Fsp3) is 0.243. The van der Waals surface area contributed by atoms with Crippen LogP contribution in [0, 0.1) is 32.7 Å². The minimum atomic E-state index is -1.23. The zero-order valence-electron chi connectivity index (χ0n) is 24.4. The summed E-state index contributed by atoms with van der Waals surface area (Å²) in [6.45, 7) is 1.84. The summed E-state index contributed by atoms with van der Waals surface area (Å²) in [5.41, 5.74) is 1.23. The van der Waals surface area contributed by atoms with Gasteiger partial charge in [0.05, 0.1) is 34.5 Å². The third-order valence-corrected chi connectivity index (χ3v) is 11.3. The van der Waals surface area contributed by atoms with Gasteiger partial charge in [0.1, 0.15) is 5.75 Å². The summed E-state index contributed by atoms with van der Waals surface area (Å²) in [7, 11) is 0. The molecule has 2 saturated heterocycles. The van der Waals surface area contributed by atoms with Crippen molar-refractivity contribution in [2.24, 2.45) is 29.1 Å². The maximum atomic E-state index is 14.7. The molecule has 7 nitrogen and oxygen atoms in total. The van der Waals surface area contributed by atoms with Crippen LogP contribution in [0.25, 0.3) is 10.8 Å². The van der Waals surface area contributed by atoms with Crippen molar-refractivity contribution in [3.8, 4) is 5.75 Å². The highest BCUT2D eigenvalue weighted by Gasteiger charge is 2.68. The summed E-state index contributed by atoms with van der Waals surface area (Å²) < 4.78 is 0.994. The first-order valence-electron chi connectivity index (χ1n) is 15.2.